The van der Waals surface area contributed by atoms with Gasteiger partial charge < -0.3 is 9.88 Å². The molecule has 1 heterocycles. The Morgan fingerprint density at radius 2 is 1.57 bits per heavy atom. The fraction of sp³-hybridized carbons (Fsp3) is 0.370. The van der Waals surface area contributed by atoms with Crippen LogP contribution in [0.4, 0.5) is 35.1 Å². The Balaban J connectivity index is 1.63. The van der Waals surface area contributed by atoms with Crippen molar-refractivity contribution in [3.63, 3.8) is 0 Å². The van der Waals surface area contributed by atoms with Gasteiger partial charge >= 0.3 is 12.4 Å². The molecule has 0 unspecified atom stereocenters. The van der Waals surface area contributed by atoms with E-state index in [0.717, 1.165) is 54.7 Å². The minimum Gasteiger partial charge on any atom is -0.336 e. The molecule has 1 amide bonds. The molecular weight excluding hydrogens is 626 g/mol. The third kappa shape index (κ3) is 7.91. The number of imidazole rings is 1. The van der Waals surface area contributed by atoms with Crippen molar-refractivity contribution < 1.29 is 48.3 Å². The summed E-state index contributed by atoms with van der Waals surface area (Å²) in [5.41, 5.74) is -2.08. The molecule has 0 radical (unpaired) electrons. The number of halogens is 8. The van der Waals surface area contributed by atoms with Crippen LogP contribution in [-0.2, 0) is 27.4 Å². The van der Waals surface area contributed by atoms with Crippen LogP contribution in [0.2, 0.25) is 0 Å². The van der Waals surface area contributed by atoms with Crippen molar-refractivity contribution in [1.82, 2.24) is 20.2 Å². The number of alkyl halides is 6. The monoisotopic (exact) mass is 649 g/mol. The van der Waals surface area contributed by atoms with Gasteiger partial charge in [0.05, 0.1) is 29.5 Å². The van der Waals surface area contributed by atoms with Crippen molar-refractivity contribution >= 4 is 15.7 Å². The number of hydrogen-bond acceptors (Lipinski definition) is 6. The molecule has 4 rings (SSSR count). The Morgan fingerprint density at radius 1 is 1.00 bits per heavy atom. The Kier molecular flexibility index (Phi) is 9.08. The van der Waals surface area contributed by atoms with Gasteiger partial charge in [-0.05, 0) is 60.4 Å². The highest BCUT2D eigenvalue weighted by Gasteiger charge is 2.48. The molecule has 17 heteroatoms. The number of nitrogens with one attached hydrogen (secondary N) is 2. The summed E-state index contributed by atoms with van der Waals surface area (Å²) < 4.78 is 137. The lowest BCUT2D eigenvalue weighted by Crippen LogP contribution is -2.54. The molecule has 2 aromatic carbocycles. The topological polar surface area (TPSA) is 117 Å². The molecule has 0 bridgehead atoms. The normalized spacial score (nSPS) is 16.2. The lowest BCUT2D eigenvalue weighted by atomic mass is 10.0. The van der Waals surface area contributed by atoms with Gasteiger partial charge in [-0.2, -0.15) is 31.6 Å². The largest absolute Gasteiger partial charge is 0.449 e. The van der Waals surface area contributed by atoms with Gasteiger partial charge in [0.2, 0.25) is 11.7 Å². The van der Waals surface area contributed by atoms with Crippen molar-refractivity contribution in [2.75, 3.05) is 11.5 Å². The van der Waals surface area contributed by atoms with Gasteiger partial charge in [0, 0.05) is 6.54 Å². The number of hydrogen-bond donors (Lipinski definition) is 2. The first-order chi connectivity index (χ1) is 20.4. The van der Waals surface area contributed by atoms with Crippen LogP contribution in [0, 0.1) is 23.0 Å². The van der Waals surface area contributed by atoms with Gasteiger partial charge in [-0.3, -0.25) is 10.1 Å². The van der Waals surface area contributed by atoms with Gasteiger partial charge in [-0.15, -0.1) is 0 Å². The molecular formula is C27H23F8N5O3S. The van der Waals surface area contributed by atoms with E-state index >= 15 is 0 Å². The highest BCUT2D eigenvalue weighted by atomic mass is 32.2. The van der Waals surface area contributed by atoms with Crippen LogP contribution in [0.3, 0.4) is 0 Å². The quantitative estimate of drug-likeness (QED) is 0.291. The number of nitriles is 1. The summed E-state index contributed by atoms with van der Waals surface area (Å²) in [5.74, 6) is -6.63. The Morgan fingerprint density at radius 3 is 2.07 bits per heavy atom. The summed E-state index contributed by atoms with van der Waals surface area (Å²) in [6, 6.07) is 4.31. The molecule has 2 N–H and O–H groups in total. The predicted molar refractivity (Wildman–Crippen MR) is 139 cm³/mol. The fourth-order valence-corrected chi connectivity index (χ4v) is 5.78. The maximum absolute atomic E-state index is 14.1. The standard InChI is InChI=1S/C27H23F8N5O3S/c28-18-5-1-16(2-6-18)21-13-37-24(27(33,34)35)40(21)11-12-44(42,43)14-20(23(41)39-25(15-36)9-10-25)38-22(26(30,31)32)17-3-7-19(29)8-4-17/h1-8,13,20,22,38H,9-12,14H2,(H,39,41)/t20-,22-/m0/s1. The second-order valence-corrected chi connectivity index (χ2v) is 12.4. The Labute approximate surface area is 245 Å². The van der Waals surface area contributed by atoms with Crippen LogP contribution in [0.5, 0.6) is 0 Å². The van der Waals surface area contributed by atoms with Crippen molar-refractivity contribution in [2.24, 2.45) is 0 Å². The minimum atomic E-state index is -5.10. The molecule has 8 nitrogen and oxygen atoms in total. The van der Waals surface area contributed by atoms with Crippen molar-refractivity contribution in [2.45, 2.75) is 49.4 Å². The number of sulfone groups is 1. The molecule has 1 aromatic heterocycles. The number of benzene rings is 2. The molecule has 3 aromatic rings. The SMILES string of the molecule is N#CC1(NC(=O)[C@H](CS(=O)(=O)CCn2c(-c3ccc(F)cc3)cnc2C(F)(F)F)N[C@@H](c2ccc(F)cc2)C(F)(F)F)CC1. The number of carbonyl (C=O) groups excluding carboxylic acids is 1. The van der Waals surface area contributed by atoms with Crippen LogP contribution >= 0.6 is 0 Å². The number of nitrogens with zero attached hydrogens (tertiary/aromatic N) is 3. The first kappa shape index (κ1) is 32.9. The molecule has 2 atom stereocenters. The average Bonchev–Trinajstić information content (AvgIpc) is 3.56. The van der Waals surface area contributed by atoms with E-state index < -0.39 is 86.8 Å². The summed E-state index contributed by atoms with van der Waals surface area (Å²) in [4.78, 5) is 16.4. The summed E-state index contributed by atoms with van der Waals surface area (Å²) >= 11 is 0. The van der Waals surface area contributed by atoms with E-state index in [-0.39, 0.29) is 24.1 Å². The van der Waals surface area contributed by atoms with E-state index in [1.165, 1.54) is 0 Å². The van der Waals surface area contributed by atoms with Crippen LogP contribution in [-0.4, -0.2) is 53.1 Å². The molecule has 1 fully saturated rings. The third-order valence-corrected chi connectivity index (χ3v) is 8.48. The molecule has 1 aliphatic rings. The lowest BCUT2D eigenvalue weighted by molar-refractivity contribution is -0.160. The zero-order valence-electron chi connectivity index (χ0n) is 22.4. The maximum Gasteiger partial charge on any atom is 0.449 e. The van der Waals surface area contributed by atoms with E-state index in [4.69, 9.17) is 0 Å². The van der Waals surface area contributed by atoms with E-state index in [1.807, 2.05) is 5.32 Å². The number of amides is 1. The van der Waals surface area contributed by atoms with Gasteiger partial charge in [0.1, 0.15) is 29.3 Å². The number of carbonyl (C=O) groups is 1. The molecule has 1 saturated carbocycles. The van der Waals surface area contributed by atoms with E-state index in [0.29, 0.717) is 4.57 Å². The summed E-state index contributed by atoms with van der Waals surface area (Å²) in [6.07, 6.45) is -8.98. The average molecular weight is 650 g/mol. The molecule has 236 valence electrons. The van der Waals surface area contributed by atoms with Crippen LogP contribution in [0.15, 0.2) is 54.7 Å². The van der Waals surface area contributed by atoms with Crippen LogP contribution in [0.1, 0.15) is 30.3 Å². The Hall–Kier alpha value is -4.04. The highest BCUT2D eigenvalue weighted by molar-refractivity contribution is 7.91. The summed E-state index contributed by atoms with van der Waals surface area (Å²) in [7, 11) is -4.60. The molecule has 44 heavy (non-hydrogen) atoms. The van der Waals surface area contributed by atoms with Gasteiger partial charge in [-0.25, -0.2) is 22.2 Å². The van der Waals surface area contributed by atoms with E-state index in [1.54, 1.807) is 6.07 Å². The van der Waals surface area contributed by atoms with E-state index in [2.05, 4.69) is 10.3 Å². The predicted octanol–water partition coefficient (Wildman–Crippen LogP) is 4.70. The zero-order valence-corrected chi connectivity index (χ0v) is 23.2. The number of rotatable bonds is 11. The number of aromatic nitrogens is 2. The first-order valence-corrected chi connectivity index (χ1v) is 14.7. The molecule has 1 aliphatic carbocycles. The molecule has 0 spiro atoms. The zero-order chi connectivity index (χ0) is 32.5. The van der Waals surface area contributed by atoms with Gasteiger partial charge in [0.25, 0.3) is 0 Å². The summed E-state index contributed by atoms with van der Waals surface area (Å²) in [6.45, 7) is -0.874. The smallest absolute Gasteiger partial charge is 0.336 e. The third-order valence-electron chi connectivity index (χ3n) is 6.84. The first-order valence-electron chi connectivity index (χ1n) is 12.8. The fourth-order valence-electron chi connectivity index (χ4n) is 4.40. The Bertz CT molecular complexity index is 1640. The maximum atomic E-state index is 14.1. The van der Waals surface area contributed by atoms with E-state index in [9.17, 15) is 53.6 Å². The second kappa shape index (κ2) is 12.2. The van der Waals surface area contributed by atoms with Crippen LogP contribution < -0.4 is 10.6 Å². The molecule has 0 saturated heterocycles. The highest BCUT2D eigenvalue weighted by Crippen LogP contribution is 2.36. The van der Waals surface area contributed by atoms with Crippen LogP contribution in [0.25, 0.3) is 11.3 Å². The van der Waals surface area contributed by atoms with Crippen molar-refractivity contribution in [3.8, 4) is 17.3 Å². The second-order valence-electron chi connectivity index (χ2n) is 10.2. The van der Waals surface area contributed by atoms with Gasteiger partial charge in [0.15, 0.2) is 9.84 Å². The summed E-state index contributed by atoms with van der Waals surface area (Å²) in [5, 5.41) is 13.5. The lowest BCUT2D eigenvalue weighted by Gasteiger charge is -2.28. The van der Waals surface area contributed by atoms with Crippen molar-refractivity contribution in [3.05, 3.63) is 77.8 Å². The molecule has 0 aliphatic heterocycles. The van der Waals surface area contributed by atoms with Gasteiger partial charge in [-0.1, -0.05) is 12.1 Å². The minimum absolute atomic E-state index is 0.0734. The van der Waals surface area contributed by atoms with Crippen molar-refractivity contribution in [1.29, 1.82) is 5.26 Å².